The highest BCUT2D eigenvalue weighted by atomic mass is 32.2. The van der Waals surface area contributed by atoms with Crippen LogP contribution in [0.3, 0.4) is 0 Å². The Bertz CT molecular complexity index is 657. The molecule has 0 unspecified atom stereocenters. The third-order valence-corrected chi connectivity index (χ3v) is 4.52. The number of ether oxygens (including phenoxy) is 1. The summed E-state index contributed by atoms with van der Waals surface area (Å²) in [5.74, 6) is 0.256. The predicted octanol–water partition coefficient (Wildman–Crippen LogP) is 2.66. The number of carbonyl (C=O) groups is 1. The van der Waals surface area contributed by atoms with Gasteiger partial charge in [-0.15, -0.1) is 10.2 Å². The lowest BCUT2D eigenvalue weighted by molar-refractivity contribution is -0.113. The molecule has 0 bridgehead atoms. The third kappa shape index (κ3) is 5.07. The van der Waals surface area contributed by atoms with Crippen LogP contribution in [0.4, 0.5) is 5.69 Å². The fourth-order valence-corrected chi connectivity index (χ4v) is 2.83. The molecule has 1 heterocycles. The van der Waals surface area contributed by atoms with Gasteiger partial charge >= 0.3 is 0 Å². The number of amides is 1. The molecule has 0 atom stereocenters. The minimum Gasteiger partial charge on any atom is -0.385 e. The SMILES string of the molecule is COCCCn1cnnc1SCC(=O)Nc1cccc(C)c1C. The second-order valence-corrected chi connectivity index (χ2v) is 6.18. The number of rotatable bonds is 8. The van der Waals surface area contributed by atoms with Gasteiger partial charge in [0.15, 0.2) is 5.16 Å². The monoisotopic (exact) mass is 334 g/mol. The van der Waals surface area contributed by atoms with Gasteiger partial charge in [0.25, 0.3) is 0 Å². The number of hydrogen-bond donors (Lipinski definition) is 1. The molecule has 0 aliphatic rings. The van der Waals surface area contributed by atoms with Crippen molar-refractivity contribution in [3.8, 4) is 0 Å². The lowest BCUT2D eigenvalue weighted by Gasteiger charge is -2.10. The quantitative estimate of drug-likeness (QED) is 0.594. The standard InChI is InChI=1S/C16H22N4O2S/c1-12-6-4-7-14(13(12)2)18-15(21)10-23-16-19-17-11-20(16)8-5-9-22-3/h4,6-7,11H,5,8-10H2,1-3H3,(H,18,21). The smallest absolute Gasteiger partial charge is 0.234 e. The van der Waals surface area contributed by atoms with Gasteiger partial charge < -0.3 is 14.6 Å². The molecule has 0 radical (unpaired) electrons. The molecule has 0 saturated carbocycles. The van der Waals surface area contributed by atoms with Crippen LogP contribution in [0.5, 0.6) is 0 Å². The largest absolute Gasteiger partial charge is 0.385 e. The number of hydrogen-bond acceptors (Lipinski definition) is 5. The van der Waals surface area contributed by atoms with Crippen LogP contribution in [0.15, 0.2) is 29.7 Å². The van der Waals surface area contributed by atoms with E-state index in [0.717, 1.165) is 34.9 Å². The highest BCUT2D eigenvalue weighted by molar-refractivity contribution is 7.99. The number of anilines is 1. The summed E-state index contributed by atoms with van der Waals surface area (Å²) in [5.41, 5.74) is 3.11. The van der Waals surface area contributed by atoms with Crippen molar-refractivity contribution < 1.29 is 9.53 Å². The number of nitrogens with one attached hydrogen (secondary N) is 1. The van der Waals surface area contributed by atoms with Gasteiger partial charge in [-0.3, -0.25) is 4.79 Å². The molecular formula is C16H22N4O2S. The summed E-state index contributed by atoms with van der Waals surface area (Å²) >= 11 is 1.39. The summed E-state index contributed by atoms with van der Waals surface area (Å²) in [6.45, 7) is 5.50. The molecule has 2 rings (SSSR count). The van der Waals surface area contributed by atoms with Crippen molar-refractivity contribution in [2.75, 3.05) is 24.8 Å². The molecule has 0 saturated heterocycles. The maximum absolute atomic E-state index is 12.1. The average Bonchev–Trinajstić information content (AvgIpc) is 2.98. The van der Waals surface area contributed by atoms with Crippen LogP contribution in [0, 0.1) is 13.8 Å². The maximum atomic E-state index is 12.1. The highest BCUT2D eigenvalue weighted by Crippen LogP contribution is 2.19. The Morgan fingerprint density at radius 2 is 2.22 bits per heavy atom. The van der Waals surface area contributed by atoms with E-state index in [0.29, 0.717) is 12.4 Å². The maximum Gasteiger partial charge on any atom is 0.234 e. The molecule has 1 aromatic heterocycles. The van der Waals surface area contributed by atoms with Gasteiger partial charge in [0, 0.05) is 25.9 Å². The van der Waals surface area contributed by atoms with Crippen LogP contribution in [0.2, 0.25) is 0 Å². The Morgan fingerprint density at radius 1 is 1.39 bits per heavy atom. The lowest BCUT2D eigenvalue weighted by Crippen LogP contribution is -2.15. The minimum absolute atomic E-state index is 0.0462. The summed E-state index contributed by atoms with van der Waals surface area (Å²) in [4.78, 5) is 12.1. The summed E-state index contributed by atoms with van der Waals surface area (Å²) in [5, 5.41) is 11.7. The van der Waals surface area contributed by atoms with E-state index in [1.165, 1.54) is 11.8 Å². The molecule has 1 amide bonds. The first kappa shape index (κ1) is 17.5. The zero-order valence-corrected chi connectivity index (χ0v) is 14.5. The van der Waals surface area contributed by atoms with Crippen LogP contribution < -0.4 is 5.32 Å². The Kier molecular flexibility index (Phi) is 6.61. The molecule has 0 spiro atoms. The van der Waals surface area contributed by atoms with Gasteiger partial charge in [-0.05, 0) is 37.5 Å². The third-order valence-electron chi connectivity index (χ3n) is 3.54. The second kappa shape index (κ2) is 8.69. The van der Waals surface area contributed by atoms with E-state index in [4.69, 9.17) is 4.74 Å². The van der Waals surface area contributed by atoms with Crippen molar-refractivity contribution in [1.82, 2.24) is 14.8 Å². The number of benzene rings is 1. The molecule has 23 heavy (non-hydrogen) atoms. The van der Waals surface area contributed by atoms with Crippen LogP contribution >= 0.6 is 11.8 Å². The second-order valence-electron chi connectivity index (χ2n) is 5.24. The molecule has 0 aliphatic carbocycles. The minimum atomic E-state index is -0.0462. The Morgan fingerprint density at radius 3 is 3.00 bits per heavy atom. The van der Waals surface area contributed by atoms with E-state index in [-0.39, 0.29) is 5.91 Å². The van der Waals surface area contributed by atoms with Crippen molar-refractivity contribution >= 4 is 23.4 Å². The molecule has 124 valence electrons. The number of aromatic nitrogens is 3. The molecule has 1 aromatic carbocycles. The lowest BCUT2D eigenvalue weighted by atomic mass is 10.1. The number of thioether (sulfide) groups is 1. The normalized spacial score (nSPS) is 10.7. The van der Waals surface area contributed by atoms with E-state index in [1.54, 1.807) is 13.4 Å². The zero-order chi connectivity index (χ0) is 16.7. The van der Waals surface area contributed by atoms with E-state index in [9.17, 15) is 4.79 Å². The van der Waals surface area contributed by atoms with Crippen LogP contribution in [-0.2, 0) is 16.1 Å². The predicted molar refractivity (Wildman–Crippen MR) is 91.8 cm³/mol. The van der Waals surface area contributed by atoms with E-state index in [1.807, 2.05) is 36.6 Å². The number of carbonyl (C=O) groups excluding carboxylic acids is 1. The highest BCUT2D eigenvalue weighted by Gasteiger charge is 2.10. The van der Waals surface area contributed by atoms with Gasteiger partial charge in [0.1, 0.15) is 6.33 Å². The number of nitrogens with zero attached hydrogens (tertiary/aromatic N) is 3. The number of aryl methyl sites for hydroxylation is 2. The Hall–Kier alpha value is -1.86. The van der Waals surface area contributed by atoms with Gasteiger partial charge in [0.2, 0.25) is 5.91 Å². The van der Waals surface area contributed by atoms with Crippen molar-refractivity contribution in [3.63, 3.8) is 0 Å². The van der Waals surface area contributed by atoms with E-state index < -0.39 is 0 Å². The van der Waals surface area contributed by atoms with Crippen molar-refractivity contribution in [1.29, 1.82) is 0 Å². The van der Waals surface area contributed by atoms with Crippen LogP contribution in [-0.4, -0.2) is 40.1 Å². The average molecular weight is 334 g/mol. The molecule has 0 fully saturated rings. The molecule has 6 nitrogen and oxygen atoms in total. The Balaban J connectivity index is 1.87. The summed E-state index contributed by atoms with van der Waals surface area (Å²) in [7, 11) is 1.68. The van der Waals surface area contributed by atoms with Crippen molar-refractivity contribution in [3.05, 3.63) is 35.7 Å². The summed E-state index contributed by atoms with van der Waals surface area (Å²) in [6.07, 6.45) is 2.57. The topological polar surface area (TPSA) is 69.0 Å². The van der Waals surface area contributed by atoms with Crippen LogP contribution in [0.25, 0.3) is 0 Å². The van der Waals surface area contributed by atoms with Gasteiger partial charge in [0.05, 0.1) is 5.75 Å². The molecular weight excluding hydrogens is 312 g/mol. The molecule has 2 aromatic rings. The molecule has 1 N–H and O–H groups in total. The molecule has 0 aliphatic heterocycles. The van der Waals surface area contributed by atoms with Crippen molar-refractivity contribution in [2.45, 2.75) is 32.0 Å². The fourth-order valence-electron chi connectivity index (χ4n) is 2.09. The fraction of sp³-hybridized carbons (Fsp3) is 0.438. The van der Waals surface area contributed by atoms with Crippen LogP contribution in [0.1, 0.15) is 17.5 Å². The van der Waals surface area contributed by atoms with Gasteiger partial charge in [-0.25, -0.2) is 0 Å². The van der Waals surface area contributed by atoms with E-state index in [2.05, 4.69) is 15.5 Å². The zero-order valence-electron chi connectivity index (χ0n) is 13.7. The summed E-state index contributed by atoms with van der Waals surface area (Å²) < 4.78 is 6.98. The Labute approximate surface area is 140 Å². The van der Waals surface area contributed by atoms with Crippen molar-refractivity contribution in [2.24, 2.45) is 0 Å². The summed E-state index contributed by atoms with van der Waals surface area (Å²) in [6, 6.07) is 5.89. The first-order chi connectivity index (χ1) is 11.1. The molecule has 7 heteroatoms. The van der Waals surface area contributed by atoms with Gasteiger partial charge in [-0.2, -0.15) is 0 Å². The van der Waals surface area contributed by atoms with E-state index >= 15 is 0 Å². The van der Waals surface area contributed by atoms with Gasteiger partial charge in [-0.1, -0.05) is 23.9 Å². The first-order valence-corrected chi connectivity index (χ1v) is 8.46. The first-order valence-electron chi connectivity index (χ1n) is 7.47. The number of methoxy groups -OCH3 is 1.